The van der Waals surface area contributed by atoms with Crippen molar-refractivity contribution in [1.29, 1.82) is 0 Å². The molecule has 0 bridgehead atoms. The van der Waals surface area contributed by atoms with E-state index in [1.54, 1.807) is 0 Å². The molecule has 0 amide bonds. The maximum absolute atomic E-state index is 2.35. The van der Waals surface area contributed by atoms with Crippen molar-refractivity contribution in [1.82, 2.24) is 0 Å². The summed E-state index contributed by atoms with van der Waals surface area (Å²) in [5.74, 6) is 0. The van der Waals surface area contributed by atoms with Gasteiger partial charge in [0.1, 0.15) is 0 Å². The quantitative estimate of drug-likeness (QED) is 0.583. The molecule has 0 aromatic heterocycles. The minimum atomic E-state index is 0.835. The van der Waals surface area contributed by atoms with Crippen LogP contribution in [0, 0.1) is 0 Å². The van der Waals surface area contributed by atoms with Crippen LogP contribution in [-0.4, -0.2) is 37.6 Å². The summed E-state index contributed by atoms with van der Waals surface area (Å²) >= 11 is 2.77. The maximum atomic E-state index is 2.35. The van der Waals surface area contributed by atoms with Gasteiger partial charge in [0, 0.05) is 0 Å². The van der Waals surface area contributed by atoms with Gasteiger partial charge in [-0.05, 0) is 0 Å². The van der Waals surface area contributed by atoms with E-state index in [2.05, 4.69) is 35.4 Å². The zero-order valence-corrected chi connectivity index (χ0v) is 11.2. The predicted octanol–water partition coefficient (Wildman–Crippen LogP) is 1.38. The van der Waals surface area contributed by atoms with Crippen molar-refractivity contribution in [2.24, 2.45) is 0 Å². The number of hydrogen-bond acceptors (Lipinski definition) is 0. The molecule has 3 heteroatoms. The van der Waals surface area contributed by atoms with Gasteiger partial charge in [0.05, 0.1) is 0 Å². The van der Waals surface area contributed by atoms with Crippen molar-refractivity contribution in [3.63, 3.8) is 0 Å². The van der Waals surface area contributed by atoms with E-state index in [-0.39, 0.29) is 0 Å². The molecule has 0 saturated carbocycles. The van der Waals surface area contributed by atoms with Crippen molar-refractivity contribution < 1.29 is 0 Å². The predicted molar refractivity (Wildman–Crippen MR) is 54.1 cm³/mol. The molecule has 60 valence electrons. The molecule has 0 fully saturated rings. The van der Waals surface area contributed by atoms with Gasteiger partial charge in [0.15, 0.2) is 0 Å². The molecule has 11 heavy (non-hydrogen) atoms. The first-order valence-electron chi connectivity index (χ1n) is 3.43. The summed E-state index contributed by atoms with van der Waals surface area (Å²) in [7, 11) is 0. The fourth-order valence-corrected chi connectivity index (χ4v) is 14.9. The second-order valence-corrected chi connectivity index (χ2v) is 18.4. The van der Waals surface area contributed by atoms with Gasteiger partial charge in [-0.2, -0.15) is 0 Å². The summed E-state index contributed by atoms with van der Waals surface area (Å²) in [4.78, 5) is 2.35. The van der Waals surface area contributed by atoms with Crippen LogP contribution in [0.5, 0.6) is 0 Å². The van der Waals surface area contributed by atoms with Gasteiger partial charge in [0.25, 0.3) is 0 Å². The van der Waals surface area contributed by atoms with E-state index in [1.807, 2.05) is 0 Å². The van der Waals surface area contributed by atoms with E-state index in [1.165, 1.54) is 11.7 Å². The van der Waals surface area contributed by atoms with E-state index < -0.39 is 0 Å². The number of hydrogen-bond donors (Lipinski definition) is 0. The number of allylic oxidation sites excluding steroid dienone is 5. The van der Waals surface area contributed by atoms with E-state index in [0.717, 1.165) is 37.6 Å². The van der Waals surface area contributed by atoms with Crippen LogP contribution in [0.2, 0.25) is 5.32 Å². The van der Waals surface area contributed by atoms with E-state index >= 15 is 0 Å². The molecule has 0 radical (unpaired) electrons. The van der Waals surface area contributed by atoms with Gasteiger partial charge in [-0.15, -0.1) is 0 Å². The SMILES string of the molecule is C1=C\C=C\CC[Se][Se][Se]\C=C/1. The summed E-state index contributed by atoms with van der Waals surface area (Å²) in [6.07, 6.45) is 12.2. The van der Waals surface area contributed by atoms with Gasteiger partial charge in [-0.25, -0.2) is 0 Å². The summed E-state index contributed by atoms with van der Waals surface area (Å²) in [6.45, 7) is 0. The molecule has 0 N–H and O–H groups in total. The molecule has 1 aliphatic rings. The Hall–Kier alpha value is 0.778. The van der Waals surface area contributed by atoms with Crippen molar-refractivity contribution >= 4 is 37.6 Å². The first-order valence-corrected chi connectivity index (χ1v) is 14.3. The van der Waals surface area contributed by atoms with E-state index in [4.69, 9.17) is 0 Å². The van der Waals surface area contributed by atoms with Crippen LogP contribution >= 0.6 is 0 Å². The third kappa shape index (κ3) is 5.99. The molecule has 0 atom stereocenters. The molecular weight excluding hydrogens is 333 g/mol. The van der Waals surface area contributed by atoms with E-state index in [0.29, 0.717) is 0 Å². The average Bonchev–Trinajstić information content (AvgIpc) is 2.08. The van der Waals surface area contributed by atoms with Gasteiger partial charge >= 0.3 is 84.7 Å². The molecule has 0 spiro atoms. The first kappa shape index (κ1) is 9.86. The van der Waals surface area contributed by atoms with Gasteiger partial charge in [0.2, 0.25) is 0 Å². The Morgan fingerprint density at radius 2 is 1.91 bits per heavy atom. The average molecular weight is 343 g/mol. The van der Waals surface area contributed by atoms with Crippen LogP contribution in [0.15, 0.2) is 35.4 Å². The van der Waals surface area contributed by atoms with Crippen LogP contribution in [0.3, 0.4) is 0 Å². The molecule has 0 nitrogen and oxygen atoms in total. The first-order chi connectivity index (χ1) is 5.50. The van der Waals surface area contributed by atoms with Gasteiger partial charge in [-0.3, -0.25) is 0 Å². The Kier molecular flexibility index (Phi) is 6.66. The Bertz CT molecular complexity index is 152. The topological polar surface area (TPSA) is 0 Å². The Labute approximate surface area is 84.2 Å². The molecule has 1 aliphatic heterocycles. The van der Waals surface area contributed by atoms with Crippen LogP contribution in [0.1, 0.15) is 6.42 Å². The fraction of sp³-hybridized carbons (Fsp3) is 0.250. The van der Waals surface area contributed by atoms with Crippen molar-refractivity contribution in [3.8, 4) is 0 Å². The Morgan fingerprint density at radius 3 is 2.91 bits per heavy atom. The number of rotatable bonds is 0. The van der Waals surface area contributed by atoms with Crippen LogP contribution in [-0.2, 0) is 0 Å². The van der Waals surface area contributed by atoms with E-state index in [9.17, 15) is 0 Å². The second-order valence-electron chi connectivity index (χ2n) is 1.92. The molecule has 0 saturated heterocycles. The summed E-state index contributed by atoms with van der Waals surface area (Å²) in [5.41, 5.74) is 0. The van der Waals surface area contributed by atoms with Crippen LogP contribution in [0.25, 0.3) is 0 Å². The molecule has 1 rings (SSSR count). The third-order valence-corrected chi connectivity index (χ3v) is 17.7. The molecule has 0 aliphatic carbocycles. The zero-order chi connectivity index (χ0) is 7.78. The van der Waals surface area contributed by atoms with Crippen LogP contribution < -0.4 is 0 Å². The van der Waals surface area contributed by atoms with Gasteiger partial charge in [-0.1, -0.05) is 0 Å². The van der Waals surface area contributed by atoms with Crippen molar-refractivity contribution in [2.75, 3.05) is 0 Å². The minimum absolute atomic E-state index is 0.835. The van der Waals surface area contributed by atoms with Crippen molar-refractivity contribution in [3.05, 3.63) is 35.4 Å². The monoisotopic (exact) mass is 346 g/mol. The molecule has 1 heterocycles. The van der Waals surface area contributed by atoms with Crippen molar-refractivity contribution in [2.45, 2.75) is 11.7 Å². The molecule has 0 aromatic rings. The molecular formula is C8H10Se3. The summed E-state index contributed by atoms with van der Waals surface area (Å²) < 4.78 is 0. The van der Waals surface area contributed by atoms with Crippen LogP contribution in [0.4, 0.5) is 0 Å². The third-order valence-electron chi connectivity index (χ3n) is 1.06. The normalized spacial score (nSPS) is 28.4. The fourth-order valence-electron chi connectivity index (χ4n) is 0.581. The summed E-state index contributed by atoms with van der Waals surface area (Å²) in [5, 5.41) is 1.45. The second kappa shape index (κ2) is 7.43. The Morgan fingerprint density at radius 1 is 1.00 bits per heavy atom. The molecule has 0 aromatic carbocycles. The summed E-state index contributed by atoms with van der Waals surface area (Å²) in [6, 6.07) is 0. The van der Waals surface area contributed by atoms with Gasteiger partial charge < -0.3 is 0 Å². The standard InChI is InChI=1S/C8H10Se3/c1-2-4-6-8-10-11-9-7-5-3-1/h1-5,7H,6,8H2/b3-1-,4-2+,7-5-. The zero-order valence-electron chi connectivity index (χ0n) is 6.10. The molecule has 0 unspecified atom stereocenters. The Balaban J connectivity index is 2.36.